The molecule has 0 saturated carbocycles. The SMILES string of the molecule is Cl[C@@H]1\C=C/C=C\C=C/[C@@H]1Cl. The second-order valence-corrected chi connectivity index (χ2v) is 3.05. The second-order valence-electron chi connectivity index (χ2n) is 2.04. The Bertz CT molecular complexity index is 160. The molecule has 2 atom stereocenters. The summed E-state index contributed by atoms with van der Waals surface area (Å²) in [6.45, 7) is 0. The third kappa shape index (κ3) is 2.20. The molecule has 10 heavy (non-hydrogen) atoms. The van der Waals surface area contributed by atoms with Crippen molar-refractivity contribution in [3.63, 3.8) is 0 Å². The molecule has 0 aliphatic heterocycles. The lowest BCUT2D eigenvalue weighted by molar-refractivity contribution is 1.06. The van der Waals surface area contributed by atoms with Crippen molar-refractivity contribution in [3.8, 4) is 0 Å². The lowest BCUT2D eigenvalue weighted by Crippen LogP contribution is -2.08. The quantitative estimate of drug-likeness (QED) is 0.496. The van der Waals surface area contributed by atoms with Crippen molar-refractivity contribution in [1.29, 1.82) is 0 Å². The highest BCUT2D eigenvalue weighted by Crippen LogP contribution is 2.14. The first kappa shape index (κ1) is 7.90. The Kier molecular flexibility index (Phi) is 3.04. The molecule has 0 aromatic rings. The van der Waals surface area contributed by atoms with E-state index in [9.17, 15) is 0 Å². The van der Waals surface area contributed by atoms with Crippen molar-refractivity contribution in [1.82, 2.24) is 0 Å². The van der Waals surface area contributed by atoms with Gasteiger partial charge in [0.25, 0.3) is 0 Å². The molecule has 0 saturated heterocycles. The van der Waals surface area contributed by atoms with Gasteiger partial charge >= 0.3 is 0 Å². The van der Waals surface area contributed by atoms with Gasteiger partial charge < -0.3 is 0 Å². The Labute approximate surface area is 70.8 Å². The molecule has 0 aromatic heterocycles. The maximum absolute atomic E-state index is 5.84. The minimum absolute atomic E-state index is 0.0946. The van der Waals surface area contributed by atoms with Gasteiger partial charge in [0.2, 0.25) is 0 Å². The van der Waals surface area contributed by atoms with Crippen molar-refractivity contribution in [3.05, 3.63) is 36.5 Å². The summed E-state index contributed by atoms with van der Waals surface area (Å²) in [7, 11) is 0. The predicted octanol–water partition coefficient (Wildman–Crippen LogP) is 2.88. The van der Waals surface area contributed by atoms with Gasteiger partial charge in [0.1, 0.15) is 0 Å². The first-order chi connectivity index (χ1) is 4.80. The van der Waals surface area contributed by atoms with Gasteiger partial charge in [-0.2, -0.15) is 0 Å². The van der Waals surface area contributed by atoms with E-state index in [0.29, 0.717) is 0 Å². The minimum atomic E-state index is -0.0946. The number of allylic oxidation sites excluding steroid dienone is 6. The van der Waals surface area contributed by atoms with Crippen LogP contribution in [0.5, 0.6) is 0 Å². The smallest absolute Gasteiger partial charge is 0.0718 e. The molecule has 1 rings (SSSR count). The van der Waals surface area contributed by atoms with Crippen LogP contribution in [-0.4, -0.2) is 10.8 Å². The molecule has 0 heterocycles. The van der Waals surface area contributed by atoms with Gasteiger partial charge in [-0.15, -0.1) is 23.2 Å². The number of hydrogen-bond acceptors (Lipinski definition) is 0. The molecular formula is C8H8Cl2. The van der Waals surface area contributed by atoms with Gasteiger partial charge in [-0.05, 0) is 0 Å². The van der Waals surface area contributed by atoms with Gasteiger partial charge in [-0.3, -0.25) is 0 Å². The highest BCUT2D eigenvalue weighted by atomic mass is 35.5. The first-order valence-corrected chi connectivity index (χ1v) is 3.98. The normalized spacial score (nSPS) is 41.4. The molecule has 0 fully saturated rings. The third-order valence-corrected chi connectivity index (χ3v) is 2.19. The number of alkyl halides is 2. The summed E-state index contributed by atoms with van der Waals surface area (Å²) in [6, 6.07) is 0. The van der Waals surface area contributed by atoms with Gasteiger partial charge in [-0.1, -0.05) is 36.5 Å². The predicted molar refractivity (Wildman–Crippen MR) is 46.7 cm³/mol. The first-order valence-electron chi connectivity index (χ1n) is 3.10. The van der Waals surface area contributed by atoms with Crippen molar-refractivity contribution >= 4 is 23.2 Å². The molecule has 0 spiro atoms. The lowest BCUT2D eigenvalue weighted by atomic mass is 10.2. The standard InChI is InChI=1S/C8H8Cl2/c9-7-5-3-1-2-4-6-8(7)10/h1-8H/b2-1-,5-3-,6-4-/t7-,8+. The van der Waals surface area contributed by atoms with Crippen molar-refractivity contribution in [2.24, 2.45) is 0 Å². The highest BCUT2D eigenvalue weighted by molar-refractivity contribution is 6.31. The zero-order valence-corrected chi connectivity index (χ0v) is 6.89. The zero-order valence-electron chi connectivity index (χ0n) is 5.37. The van der Waals surface area contributed by atoms with E-state index in [1.165, 1.54) is 0 Å². The van der Waals surface area contributed by atoms with Crippen LogP contribution in [0.2, 0.25) is 0 Å². The topological polar surface area (TPSA) is 0 Å². The Morgan fingerprint density at radius 2 is 1.10 bits per heavy atom. The fourth-order valence-electron chi connectivity index (χ4n) is 0.681. The summed E-state index contributed by atoms with van der Waals surface area (Å²) in [5.74, 6) is 0. The molecule has 1 aliphatic rings. The van der Waals surface area contributed by atoms with Crippen molar-refractivity contribution in [2.75, 3.05) is 0 Å². The lowest BCUT2D eigenvalue weighted by Gasteiger charge is -2.07. The van der Waals surface area contributed by atoms with E-state index in [1.54, 1.807) is 0 Å². The molecule has 0 aromatic carbocycles. The van der Waals surface area contributed by atoms with E-state index in [4.69, 9.17) is 23.2 Å². The minimum Gasteiger partial charge on any atom is -0.116 e. The van der Waals surface area contributed by atoms with Gasteiger partial charge in [0.15, 0.2) is 0 Å². The molecule has 0 nitrogen and oxygen atoms in total. The third-order valence-electron chi connectivity index (χ3n) is 1.23. The molecule has 2 heteroatoms. The molecule has 0 radical (unpaired) electrons. The van der Waals surface area contributed by atoms with E-state index in [-0.39, 0.29) is 10.8 Å². The van der Waals surface area contributed by atoms with Crippen LogP contribution in [0.15, 0.2) is 36.5 Å². The Morgan fingerprint density at radius 3 is 1.50 bits per heavy atom. The summed E-state index contributed by atoms with van der Waals surface area (Å²) in [6.07, 6.45) is 11.4. The molecule has 54 valence electrons. The molecule has 0 unspecified atom stereocenters. The Balaban J connectivity index is 2.71. The van der Waals surface area contributed by atoms with E-state index in [0.717, 1.165) is 0 Å². The number of halogens is 2. The highest BCUT2D eigenvalue weighted by Gasteiger charge is 2.09. The van der Waals surface area contributed by atoms with Crippen molar-refractivity contribution in [2.45, 2.75) is 10.8 Å². The summed E-state index contributed by atoms with van der Waals surface area (Å²) >= 11 is 11.7. The van der Waals surface area contributed by atoms with E-state index >= 15 is 0 Å². The van der Waals surface area contributed by atoms with E-state index < -0.39 is 0 Å². The fraction of sp³-hybridized carbons (Fsp3) is 0.250. The number of rotatable bonds is 0. The van der Waals surface area contributed by atoms with Crippen LogP contribution in [0.1, 0.15) is 0 Å². The van der Waals surface area contributed by atoms with Gasteiger partial charge in [0, 0.05) is 0 Å². The molecular weight excluding hydrogens is 167 g/mol. The molecule has 0 amide bonds. The molecule has 0 bridgehead atoms. The summed E-state index contributed by atoms with van der Waals surface area (Å²) in [5, 5.41) is -0.189. The van der Waals surface area contributed by atoms with Crippen LogP contribution in [-0.2, 0) is 0 Å². The fourth-order valence-corrected chi connectivity index (χ4v) is 1.02. The van der Waals surface area contributed by atoms with Crippen LogP contribution in [0.3, 0.4) is 0 Å². The average Bonchev–Trinajstić information content (AvgIpc) is 1.92. The average molecular weight is 175 g/mol. The van der Waals surface area contributed by atoms with Crippen molar-refractivity contribution < 1.29 is 0 Å². The summed E-state index contributed by atoms with van der Waals surface area (Å²) in [4.78, 5) is 0. The van der Waals surface area contributed by atoms with Crippen LogP contribution >= 0.6 is 23.2 Å². The zero-order chi connectivity index (χ0) is 7.40. The maximum atomic E-state index is 5.84. The number of hydrogen-bond donors (Lipinski definition) is 0. The van der Waals surface area contributed by atoms with Crippen LogP contribution in [0, 0.1) is 0 Å². The molecule has 1 aliphatic carbocycles. The largest absolute Gasteiger partial charge is 0.116 e. The Hall–Kier alpha value is -0.200. The second kappa shape index (κ2) is 3.85. The Morgan fingerprint density at radius 1 is 0.700 bits per heavy atom. The maximum Gasteiger partial charge on any atom is 0.0718 e. The summed E-state index contributed by atoms with van der Waals surface area (Å²) < 4.78 is 0. The van der Waals surface area contributed by atoms with Crippen LogP contribution < -0.4 is 0 Å². The van der Waals surface area contributed by atoms with Gasteiger partial charge in [-0.25, -0.2) is 0 Å². The van der Waals surface area contributed by atoms with E-state index in [1.807, 2.05) is 36.5 Å². The van der Waals surface area contributed by atoms with Crippen LogP contribution in [0.4, 0.5) is 0 Å². The summed E-state index contributed by atoms with van der Waals surface area (Å²) in [5.41, 5.74) is 0. The molecule has 0 N–H and O–H groups in total. The van der Waals surface area contributed by atoms with Gasteiger partial charge in [0.05, 0.1) is 10.8 Å². The monoisotopic (exact) mass is 174 g/mol. The van der Waals surface area contributed by atoms with E-state index in [2.05, 4.69) is 0 Å². The van der Waals surface area contributed by atoms with Crippen LogP contribution in [0.25, 0.3) is 0 Å².